The Kier molecular flexibility index (Phi) is 11.2. The number of likely N-dealkylation sites (tertiary alicyclic amines) is 1. The van der Waals surface area contributed by atoms with Gasteiger partial charge in [-0.2, -0.15) is 4.37 Å². The van der Waals surface area contributed by atoms with E-state index in [9.17, 15) is 13.2 Å². The van der Waals surface area contributed by atoms with Gasteiger partial charge in [-0.05, 0) is 81.1 Å². The van der Waals surface area contributed by atoms with Gasteiger partial charge in [-0.3, -0.25) is 0 Å². The van der Waals surface area contributed by atoms with E-state index in [4.69, 9.17) is 30.5 Å². The average Bonchev–Trinajstić information content (AvgIpc) is 3.60. The van der Waals surface area contributed by atoms with Crippen LogP contribution in [0, 0.1) is 11.7 Å². The second-order valence-electron chi connectivity index (χ2n) is 12.4. The van der Waals surface area contributed by atoms with Gasteiger partial charge < -0.3 is 23.8 Å². The summed E-state index contributed by atoms with van der Waals surface area (Å²) in [5.74, 6) is -0.268. The summed E-state index contributed by atoms with van der Waals surface area (Å²) in [5.41, 5.74) is 0.896. The van der Waals surface area contributed by atoms with Crippen LogP contribution in [0.3, 0.4) is 0 Å². The van der Waals surface area contributed by atoms with Crippen LogP contribution in [0.15, 0.2) is 71.9 Å². The van der Waals surface area contributed by atoms with Crippen LogP contribution in [0.4, 0.5) is 14.3 Å². The lowest BCUT2D eigenvalue weighted by Crippen LogP contribution is -2.46. The number of halogens is 2. The number of piperidine rings is 1. The molecule has 0 radical (unpaired) electrons. The van der Waals surface area contributed by atoms with E-state index in [0.717, 1.165) is 27.5 Å². The molecular formula is C34H38ClFN4O7S2. The first-order chi connectivity index (χ1) is 23.3. The molecule has 4 aromatic rings. The highest BCUT2D eigenvalue weighted by Crippen LogP contribution is 2.36. The van der Waals surface area contributed by atoms with E-state index in [-0.39, 0.29) is 40.8 Å². The molecule has 0 N–H and O–H groups in total. The first kappa shape index (κ1) is 36.1. The van der Waals surface area contributed by atoms with Crippen molar-refractivity contribution in [2.75, 3.05) is 38.2 Å². The quantitative estimate of drug-likeness (QED) is 0.158. The zero-order valence-electron chi connectivity index (χ0n) is 27.8. The summed E-state index contributed by atoms with van der Waals surface area (Å²) in [6.45, 7) is 6.12. The maximum Gasteiger partial charge on any atom is 0.410 e. The molecule has 2 heterocycles. The monoisotopic (exact) mass is 732 g/mol. The van der Waals surface area contributed by atoms with Crippen molar-refractivity contribution in [2.45, 2.75) is 50.2 Å². The van der Waals surface area contributed by atoms with Crippen molar-refractivity contribution in [1.29, 1.82) is 0 Å². The SMILES string of the molecule is COc1ccc(CN(c2ncns2)S(=O)(=O)c2ccc(OCC3CN(C(=O)OC(C)(C)C)CCC3c3ccc(Cl)cc3)c(F)c2)c(OC)c1. The van der Waals surface area contributed by atoms with Crippen molar-refractivity contribution in [3.05, 3.63) is 89.0 Å². The molecule has 1 aromatic heterocycles. The molecule has 1 aliphatic heterocycles. The second-order valence-corrected chi connectivity index (χ2v) is 15.5. The van der Waals surface area contributed by atoms with Crippen LogP contribution < -0.4 is 18.5 Å². The highest BCUT2D eigenvalue weighted by atomic mass is 35.5. The molecule has 49 heavy (non-hydrogen) atoms. The molecule has 1 aliphatic rings. The predicted octanol–water partition coefficient (Wildman–Crippen LogP) is 7.16. The highest BCUT2D eigenvalue weighted by Gasteiger charge is 2.35. The van der Waals surface area contributed by atoms with Crippen LogP contribution in [-0.2, 0) is 21.3 Å². The maximum atomic E-state index is 15.7. The van der Waals surface area contributed by atoms with Crippen molar-refractivity contribution in [3.63, 3.8) is 0 Å². The molecular weight excluding hydrogens is 695 g/mol. The number of benzene rings is 3. The number of rotatable bonds is 11. The number of amides is 1. The van der Waals surface area contributed by atoms with Gasteiger partial charge in [0.05, 0.1) is 32.3 Å². The summed E-state index contributed by atoms with van der Waals surface area (Å²) in [5, 5.41) is 0.700. The topological polar surface area (TPSA) is 120 Å². The van der Waals surface area contributed by atoms with E-state index in [2.05, 4.69) is 9.36 Å². The van der Waals surface area contributed by atoms with Crippen LogP contribution in [0.25, 0.3) is 0 Å². The van der Waals surface area contributed by atoms with Gasteiger partial charge in [-0.25, -0.2) is 26.9 Å². The van der Waals surface area contributed by atoms with E-state index in [1.165, 1.54) is 32.7 Å². The standard InChI is InChI=1S/C34H38ClFN4O7S2/c1-34(2,3)47-33(41)39-15-14-28(22-6-9-25(35)10-7-22)24(18-39)20-46-30-13-12-27(17-29(30)36)49(42,43)40(32-37-21-38-48-32)19-23-8-11-26(44-4)16-31(23)45-5/h6-13,16-17,21,24,28H,14-15,18-20H2,1-5H3. The van der Waals surface area contributed by atoms with Crippen LogP contribution in [0.5, 0.6) is 17.2 Å². The van der Waals surface area contributed by atoms with E-state index in [1.807, 2.05) is 45.0 Å². The van der Waals surface area contributed by atoms with Crippen LogP contribution in [0.1, 0.15) is 44.2 Å². The fraction of sp³-hybridized carbons (Fsp3) is 0.382. The molecule has 15 heteroatoms. The summed E-state index contributed by atoms with van der Waals surface area (Å²) < 4.78 is 71.0. The van der Waals surface area contributed by atoms with Crippen LogP contribution in [-0.4, -0.2) is 68.3 Å². The number of nitrogens with zero attached hydrogens (tertiary/aromatic N) is 4. The van der Waals surface area contributed by atoms with Gasteiger partial charge in [-0.1, -0.05) is 23.7 Å². The predicted molar refractivity (Wildman–Crippen MR) is 185 cm³/mol. The van der Waals surface area contributed by atoms with Crippen molar-refractivity contribution in [1.82, 2.24) is 14.3 Å². The molecule has 0 bridgehead atoms. The minimum absolute atomic E-state index is 0.00549. The van der Waals surface area contributed by atoms with Gasteiger partial charge in [0, 0.05) is 47.2 Å². The normalized spacial score (nSPS) is 16.6. The molecule has 1 fully saturated rings. The molecule has 2 unspecified atom stereocenters. The fourth-order valence-electron chi connectivity index (χ4n) is 5.60. The Labute approximate surface area is 294 Å². The van der Waals surface area contributed by atoms with Gasteiger partial charge in [-0.15, -0.1) is 0 Å². The summed E-state index contributed by atoms with van der Waals surface area (Å²) in [4.78, 5) is 18.4. The highest BCUT2D eigenvalue weighted by molar-refractivity contribution is 7.93. The number of anilines is 1. The maximum absolute atomic E-state index is 15.7. The van der Waals surface area contributed by atoms with Crippen molar-refractivity contribution >= 4 is 44.4 Å². The Hall–Kier alpha value is -4.14. The third-order valence-electron chi connectivity index (χ3n) is 8.00. The zero-order chi connectivity index (χ0) is 35.3. The molecule has 1 saturated heterocycles. The van der Waals surface area contributed by atoms with E-state index >= 15 is 4.39 Å². The lowest BCUT2D eigenvalue weighted by atomic mass is 9.81. The van der Waals surface area contributed by atoms with Gasteiger partial charge in [0.1, 0.15) is 23.4 Å². The van der Waals surface area contributed by atoms with E-state index in [0.29, 0.717) is 41.6 Å². The third kappa shape index (κ3) is 8.72. The van der Waals surface area contributed by atoms with E-state index in [1.54, 1.807) is 23.1 Å². The molecule has 3 aromatic carbocycles. The molecule has 0 saturated carbocycles. The molecule has 262 valence electrons. The number of aromatic nitrogens is 2. The summed E-state index contributed by atoms with van der Waals surface area (Å²) in [6.07, 6.45) is 1.45. The van der Waals surface area contributed by atoms with E-state index < -0.39 is 27.5 Å². The Morgan fingerprint density at radius 1 is 1.06 bits per heavy atom. The number of carbonyl (C=O) groups is 1. The Morgan fingerprint density at radius 2 is 1.82 bits per heavy atom. The third-order valence-corrected chi connectivity index (χ3v) is 10.8. The second kappa shape index (κ2) is 15.2. The molecule has 5 rings (SSSR count). The number of ether oxygens (including phenoxy) is 4. The summed E-state index contributed by atoms with van der Waals surface area (Å²) >= 11 is 7.02. The molecule has 0 aliphatic carbocycles. The van der Waals surface area contributed by atoms with Gasteiger partial charge in [0.15, 0.2) is 11.6 Å². The van der Waals surface area contributed by atoms with Crippen molar-refractivity contribution in [2.24, 2.45) is 5.92 Å². The number of sulfonamides is 1. The number of carbonyl (C=O) groups excluding carboxylic acids is 1. The lowest BCUT2D eigenvalue weighted by molar-refractivity contribution is 0.0110. The smallest absolute Gasteiger partial charge is 0.410 e. The fourth-order valence-corrected chi connectivity index (χ4v) is 7.86. The number of hydrogen-bond donors (Lipinski definition) is 0. The Balaban J connectivity index is 1.37. The number of hydrogen-bond acceptors (Lipinski definition) is 10. The Morgan fingerprint density at radius 3 is 2.45 bits per heavy atom. The summed E-state index contributed by atoms with van der Waals surface area (Å²) in [6, 6.07) is 16.0. The van der Waals surface area contributed by atoms with Crippen LogP contribution >= 0.6 is 23.1 Å². The molecule has 2 atom stereocenters. The van der Waals surface area contributed by atoms with Crippen LogP contribution in [0.2, 0.25) is 5.02 Å². The minimum atomic E-state index is -4.33. The molecule has 1 amide bonds. The van der Waals surface area contributed by atoms with Crippen molar-refractivity contribution < 1.29 is 36.6 Å². The van der Waals surface area contributed by atoms with Gasteiger partial charge in [0.2, 0.25) is 5.13 Å². The zero-order valence-corrected chi connectivity index (χ0v) is 30.1. The Bertz CT molecular complexity index is 1860. The summed E-state index contributed by atoms with van der Waals surface area (Å²) in [7, 11) is -1.35. The lowest BCUT2D eigenvalue weighted by Gasteiger charge is -2.39. The minimum Gasteiger partial charge on any atom is -0.497 e. The van der Waals surface area contributed by atoms with Crippen molar-refractivity contribution in [3.8, 4) is 17.2 Å². The number of methoxy groups -OCH3 is 2. The first-order valence-electron chi connectivity index (χ1n) is 15.4. The molecule has 11 nitrogen and oxygen atoms in total. The van der Waals surface area contributed by atoms with Gasteiger partial charge >= 0.3 is 6.09 Å². The largest absolute Gasteiger partial charge is 0.497 e. The average molecular weight is 733 g/mol. The molecule has 0 spiro atoms. The van der Waals surface area contributed by atoms with Gasteiger partial charge in [0.25, 0.3) is 10.0 Å². The first-order valence-corrected chi connectivity index (χ1v) is 18.0.